The smallest absolute Gasteiger partial charge is 0.402 e. The molecule has 0 saturated carbocycles. The Morgan fingerprint density at radius 2 is 1.58 bits per heavy atom. The lowest BCUT2D eigenvalue weighted by atomic mass is 9.73. The van der Waals surface area contributed by atoms with E-state index in [1.807, 2.05) is 33.8 Å². The van der Waals surface area contributed by atoms with Crippen LogP contribution < -0.4 is 5.73 Å². The van der Waals surface area contributed by atoms with Crippen molar-refractivity contribution in [1.82, 2.24) is 0 Å². The molecule has 1 aromatic rings. The molecule has 1 heterocycles. The number of hydrogen-bond acceptors (Lipinski definition) is 3. The summed E-state index contributed by atoms with van der Waals surface area (Å²) in [6.45, 7) is 12.4. The van der Waals surface area contributed by atoms with Gasteiger partial charge >= 0.3 is 7.12 Å². The van der Waals surface area contributed by atoms with Gasteiger partial charge in [-0.05, 0) is 58.2 Å². The molecule has 0 aliphatic carbocycles. The molecule has 19 heavy (non-hydrogen) atoms. The molecule has 1 saturated heterocycles. The van der Waals surface area contributed by atoms with E-state index in [4.69, 9.17) is 15.0 Å². The van der Waals surface area contributed by atoms with Gasteiger partial charge in [-0.15, -0.1) is 0 Å². The van der Waals surface area contributed by atoms with Crippen LogP contribution in [0.25, 0.3) is 0 Å². The van der Waals surface area contributed by atoms with E-state index < -0.39 is 7.12 Å². The maximum absolute atomic E-state index is 6.36. The second-order valence-corrected chi connectivity index (χ2v) is 6.44. The Kier molecular flexibility index (Phi) is 3.54. The van der Waals surface area contributed by atoms with Crippen LogP contribution in [0.3, 0.4) is 0 Å². The van der Waals surface area contributed by atoms with Crippen LogP contribution in [-0.4, -0.2) is 18.3 Å². The first-order valence-corrected chi connectivity index (χ1v) is 6.83. The lowest BCUT2D eigenvalue weighted by Crippen LogP contribution is -2.41. The number of aryl methyl sites for hydroxylation is 1. The fourth-order valence-electron chi connectivity index (χ4n) is 2.32. The highest BCUT2D eigenvalue weighted by Crippen LogP contribution is 2.39. The summed E-state index contributed by atoms with van der Waals surface area (Å²) in [5, 5.41) is 0. The summed E-state index contributed by atoms with van der Waals surface area (Å²) in [5.74, 6) is -0.263. The van der Waals surface area contributed by atoms with Gasteiger partial charge in [-0.1, -0.05) is 18.2 Å². The maximum Gasteiger partial charge on any atom is 0.480 e. The maximum atomic E-state index is 6.36. The molecule has 104 valence electrons. The van der Waals surface area contributed by atoms with Crippen molar-refractivity contribution in [3.05, 3.63) is 34.9 Å². The summed E-state index contributed by atoms with van der Waals surface area (Å²) >= 11 is 0. The van der Waals surface area contributed by atoms with Gasteiger partial charge in [0.05, 0.1) is 17.1 Å². The van der Waals surface area contributed by atoms with Crippen molar-refractivity contribution in [2.24, 2.45) is 5.73 Å². The molecule has 0 bridgehead atoms. The Labute approximate surface area is 116 Å². The lowest BCUT2D eigenvalue weighted by Gasteiger charge is -2.32. The van der Waals surface area contributed by atoms with E-state index in [-0.39, 0.29) is 17.1 Å². The van der Waals surface area contributed by atoms with Crippen LogP contribution in [0.4, 0.5) is 0 Å². The Balaban J connectivity index is 2.27. The molecular weight excluding hydrogens is 237 g/mol. The van der Waals surface area contributed by atoms with Crippen LogP contribution in [0.1, 0.15) is 50.3 Å². The molecule has 1 aliphatic rings. The zero-order chi connectivity index (χ0) is 14.4. The molecule has 3 nitrogen and oxygen atoms in total. The molecule has 0 radical (unpaired) electrons. The van der Waals surface area contributed by atoms with Crippen LogP contribution in [-0.2, 0) is 9.31 Å². The Morgan fingerprint density at radius 1 is 1.05 bits per heavy atom. The molecule has 0 aromatic heterocycles. The lowest BCUT2D eigenvalue weighted by molar-refractivity contribution is 0.00578. The van der Waals surface area contributed by atoms with E-state index in [2.05, 4.69) is 26.0 Å². The largest absolute Gasteiger partial charge is 0.480 e. The topological polar surface area (TPSA) is 44.5 Å². The van der Waals surface area contributed by atoms with Crippen molar-refractivity contribution in [3.63, 3.8) is 0 Å². The van der Waals surface area contributed by atoms with E-state index >= 15 is 0 Å². The fourth-order valence-corrected chi connectivity index (χ4v) is 2.32. The van der Waals surface area contributed by atoms with Gasteiger partial charge in [-0.25, -0.2) is 0 Å². The van der Waals surface area contributed by atoms with Gasteiger partial charge in [-0.3, -0.25) is 0 Å². The van der Waals surface area contributed by atoms with Gasteiger partial charge in [0.15, 0.2) is 0 Å². The molecule has 1 aromatic carbocycles. The highest BCUT2D eigenvalue weighted by Gasteiger charge is 2.53. The Bertz CT molecular complexity index is 469. The third-order valence-corrected chi connectivity index (χ3v) is 4.57. The minimum atomic E-state index is -0.398. The molecule has 0 amide bonds. The molecule has 2 rings (SSSR count). The summed E-state index contributed by atoms with van der Waals surface area (Å²) in [5.41, 5.74) is 9.23. The minimum absolute atomic E-state index is 0.263. The van der Waals surface area contributed by atoms with Crippen LogP contribution >= 0.6 is 0 Å². The van der Waals surface area contributed by atoms with E-state index in [0.29, 0.717) is 0 Å². The van der Waals surface area contributed by atoms with Crippen LogP contribution in [0.2, 0.25) is 0 Å². The summed E-state index contributed by atoms with van der Waals surface area (Å²) in [6, 6.07) is 6.18. The minimum Gasteiger partial charge on any atom is -0.402 e. The standard InChI is InChI=1S/C15H24BNO2/c1-10-8-7-9-12(11(10)2)13(17)16-18-14(3,4)15(5,6)19-16/h7-9,13H,17H2,1-6H3/t13-/m1/s1. The summed E-state index contributed by atoms with van der Waals surface area (Å²) < 4.78 is 12.1. The second kappa shape index (κ2) is 4.62. The van der Waals surface area contributed by atoms with E-state index in [1.165, 1.54) is 11.1 Å². The van der Waals surface area contributed by atoms with E-state index in [9.17, 15) is 0 Å². The first-order chi connectivity index (χ1) is 8.66. The van der Waals surface area contributed by atoms with Crippen LogP contribution in [0.5, 0.6) is 0 Å². The monoisotopic (exact) mass is 261 g/mol. The number of nitrogens with two attached hydrogens (primary N) is 1. The van der Waals surface area contributed by atoms with Crippen molar-refractivity contribution in [3.8, 4) is 0 Å². The number of benzene rings is 1. The Morgan fingerprint density at radius 3 is 2.11 bits per heavy atom. The van der Waals surface area contributed by atoms with Crippen molar-refractivity contribution in [2.75, 3.05) is 0 Å². The molecule has 0 spiro atoms. The predicted molar refractivity (Wildman–Crippen MR) is 78.9 cm³/mol. The van der Waals surface area contributed by atoms with Crippen molar-refractivity contribution < 1.29 is 9.31 Å². The summed E-state index contributed by atoms with van der Waals surface area (Å²) in [4.78, 5) is 0. The molecular formula is C15H24BNO2. The van der Waals surface area contributed by atoms with Gasteiger partial charge in [-0.2, -0.15) is 0 Å². The zero-order valence-corrected chi connectivity index (χ0v) is 12.8. The van der Waals surface area contributed by atoms with E-state index in [0.717, 1.165) is 5.56 Å². The van der Waals surface area contributed by atoms with Crippen molar-refractivity contribution >= 4 is 7.12 Å². The predicted octanol–water partition coefficient (Wildman–Crippen LogP) is 2.93. The zero-order valence-electron chi connectivity index (χ0n) is 12.8. The van der Waals surface area contributed by atoms with Gasteiger partial charge in [0.25, 0.3) is 0 Å². The molecule has 4 heteroatoms. The van der Waals surface area contributed by atoms with Gasteiger partial charge in [0.1, 0.15) is 0 Å². The summed E-state index contributed by atoms with van der Waals surface area (Å²) in [7, 11) is -0.398. The van der Waals surface area contributed by atoms with Crippen LogP contribution in [0, 0.1) is 13.8 Å². The number of hydrogen-bond donors (Lipinski definition) is 1. The number of rotatable bonds is 2. The SMILES string of the molecule is Cc1cccc([C@@H](N)B2OC(C)(C)C(C)(C)O2)c1C. The average molecular weight is 261 g/mol. The molecule has 0 unspecified atom stereocenters. The van der Waals surface area contributed by atoms with Gasteiger partial charge in [0.2, 0.25) is 0 Å². The first kappa shape index (κ1) is 14.6. The summed E-state index contributed by atoms with van der Waals surface area (Å²) in [6.07, 6.45) is 0. The van der Waals surface area contributed by atoms with Crippen molar-refractivity contribution in [1.29, 1.82) is 0 Å². The normalized spacial score (nSPS) is 22.6. The van der Waals surface area contributed by atoms with Crippen molar-refractivity contribution in [2.45, 2.75) is 58.7 Å². The molecule has 1 fully saturated rings. The average Bonchev–Trinajstić information content (AvgIpc) is 2.51. The molecule has 2 N–H and O–H groups in total. The fraction of sp³-hybridized carbons (Fsp3) is 0.600. The van der Waals surface area contributed by atoms with Gasteiger partial charge < -0.3 is 15.0 Å². The Hall–Kier alpha value is -0.835. The second-order valence-electron chi connectivity index (χ2n) is 6.44. The van der Waals surface area contributed by atoms with E-state index in [1.54, 1.807) is 0 Å². The van der Waals surface area contributed by atoms with Gasteiger partial charge in [0, 0.05) is 0 Å². The first-order valence-electron chi connectivity index (χ1n) is 6.83. The quantitative estimate of drug-likeness (QED) is 0.832. The van der Waals surface area contributed by atoms with Crippen LogP contribution in [0.15, 0.2) is 18.2 Å². The third kappa shape index (κ3) is 2.45. The third-order valence-electron chi connectivity index (χ3n) is 4.57. The molecule has 1 atom stereocenters. The highest BCUT2D eigenvalue weighted by atomic mass is 16.7. The molecule has 1 aliphatic heterocycles. The highest BCUT2D eigenvalue weighted by molar-refractivity contribution is 6.47.